The Bertz CT molecular complexity index is 526. The average molecular weight is 258 g/mol. The molecule has 4 unspecified atom stereocenters. The fraction of sp³-hybridized carbons (Fsp3) is 0.636. The third kappa shape index (κ3) is 2.23. The lowest BCUT2D eigenvalue weighted by Crippen LogP contribution is -2.50. The zero-order valence-corrected chi connectivity index (χ0v) is 9.88. The van der Waals surface area contributed by atoms with E-state index in [0.717, 1.165) is 10.6 Å². The second-order valence-corrected chi connectivity index (χ2v) is 4.30. The number of H-pyrrole nitrogens is 1. The molecule has 4 atom stereocenters. The molecule has 1 aliphatic heterocycles. The van der Waals surface area contributed by atoms with Gasteiger partial charge in [-0.1, -0.05) is 6.92 Å². The summed E-state index contributed by atoms with van der Waals surface area (Å²) in [5.74, 6) is 0. The van der Waals surface area contributed by atoms with E-state index in [4.69, 9.17) is 4.74 Å². The van der Waals surface area contributed by atoms with Crippen molar-refractivity contribution < 1.29 is 14.2 Å². The van der Waals surface area contributed by atoms with Crippen LogP contribution in [0.1, 0.15) is 19.4 Å². The molecule has 2 rings (SSSR count). The van der Waals surface area contributed by atoms with Crippen LogP contribution in [0.25, 0.3) is 0 Å². The Morgan fingerprint density at radius 1 is 1.61 bits per heavy atom. The maximum Gasteiger partial charge on any atom is 0.328 e. The number of ether oxygens (including phenoxy) is 1. The van der Waals surface area contributed by atoms with Gasteiger partial charge in [0, 0.05) is 12.3 Å². The van der Waals surface area contributed by atoms with Crippen molar-refractivity contribution in [1.29, 1.82) is 0 Å². The first kappa shape index (κ1) is 13.0. The summed E-state index contributed by atoms with van der Waals surface area (Å²) in [7, 11) is 0. The summed E-state index contributed by atoms with van der Waals surface area (Å²) in [6.45, 7) is 1.77. The highest BCUT2D eigenvalue weighted by atomic mass is 19.1. The highest BCUT2D eigenvalue weighted by Crippen LogP contribution is 2.27. The van der Waals surface area contributed by atoms with Crippen LogP contribution in [-0.4, -0.2) is 39.6 Å². The number of aliphatic hydroxyl groups excluding tert-OH is 1. The molecule has 0 spiro atoms. The molecule has 0 bridgehead atoms. The van der Waals surface area contributed by atoms with Crippen molar-refractivity contribution in [2.75, 3.05) is 6.61 Å². The molecule has 2 N–H and O–H groups in total. The molecule has 0 saturated carbocycles. The molecule has 0 radical (unpaired) electrons. The summed E-state index contributed by atoms with van der Waals surface area (Å²) in [5, 5.41) is 9.73. The Morgan fingerprint density at radius 2 is 2.33 bits per heavy atom. The Hall–Kier alpha value is -1.47. The number of alkyl halides is 1. The van der Waals surface area contributed by atoms with Crippen molar-refractivity contribution in [3.05, 3.63) is 33.1 Å². The van der Waals surface area contributed by atoms with E-state index in [2.05, 4.69) is 0 Å². The molecule has 1 saturated heterocycles. The molecule has 7 heteroatoms. The van der Waals surface area contributed by atoms with Crippen LogP contribution in [-0.2, 0) is 4.74 Å². The fourth-order valence-corrected chi connectivity index (χ4v) is 2.13. The van der Waals surface area contributed by atoms with Gasteiger partial charge in [0.1, 0.15) is 6.10 Å². The lowest BCUT2D eigenvalue weighted by molar-refractivity contribution is -0.137. The molecule has 0 amide bonds. The van der Waals surface area contributed by atoms with Crippen LogP contribution in [0, 0.1) is 0 Å². The van der Waals surface area contributed by atoms with Crippen molar-refractivity contribution in [2.24, 2.45) is 0 Å². The van der Waals surface area contributed by atoms with Gasteiger partial charge in [-0.05, 0) is 6.42 Å². The van der Waals surface area contributed by atoms with Crippen LogP contribution in [0.4, 0.5) is 4.39 Å². The molecule has 18 heavy (non-hydrogen) atoms. The molecular formula is C11H15FN2O4. The summed E-state index contributed by atoms with van der Waals surface area (Å²) >= 11 is 0. The second-order valence-electron chi connectivity index (χ2n) is 4.30. The van der Waals surface area contributed by atoms with Crippen molar-refractivity contribution in [1.82, 2.24) is 9.55 Å². The summed E-state index contributed by atoms with van der Waals surface area (Å²) in [6.07, 6.45) is -1.73. The first-order chi connectivity index (χ1) is 8.54. The van der Waals surface area contributed by atoms with Crippen molar-refractivity contribution in [3.63, 3.8) is 0 Å². The minimum Gasteiger partial charge on any atom is -0.387 e. The average Bonchev–Trinajstić information content (AvgIpc) is 2.34. The maximum absolute atomic E-state index is 14.1. The predicted molar refractivity (Wildman–Crippen MR) is 61.3 cm³/mol. The van der Waals surface area contributed by atoms with Crippen molar-refractivity contribution >= 4 is 0 Å². The lowest BCUT2D eigenvalue weighted by atomic mass is 9.97. The topological polar surface area (TPSA) is 84.3 Å². The lowest BCUT2D eigenvalue weighted by Gasteiger charge is -2.36. The molecule has 0 aromatic carbocycles. The molecule has 2 heterocycles. The highest BCUT2D eigenvalue weighted by molar-refractivity contribution is 4.94. The van der Waals surface area contributed by atoms with E-state index < -0.39 is 35.7 Å². The van der Waals surface area contributed by atoms with Gasteiger partial charge in [-0.15, -0.1) is 0 Å². The molecule has 1 aliphatic rings. The normalized spacial score (nSPS) is 32.4. The summed E-state index contributed by atoms with van der Waals surface area (Å²) in [5.41, 5.74) is -1.25. The van der Waals surface area contributed by atoms with E-state index in [1.54, 1.807) is 6.92 Å². The molecule has 6 nitrogen and oxygen atoms in total. The van der Waals surface area contributed by atoms with Crippen LogP contribution in [0.5, 0.6) is 0 Å². The number of hydrogen-bond acceptors (Lipinski definition) is 4. The molecule has 0 aliphatic carbocycles. The Labute approximate surface area is 102 Å². The van der Waals surface area contributed by atoms with E-state index >= 15 is 0 Å². The summed E-state index contributed by atoms with van der Waals surface area (Å²) in [4.78, 5) is 24.5. The fourth-order valence-electron chi connectivity index (χ4n) is 2.13. The van der Waals surface area contributed by atoms with Gasteiger partial charge in [0.25, 0.3) is 5.56 Å². The number of aliphatic hydroxyl groups is 1. The molecule has 100 valence electrons. The standard InChI is InChI=1S/C11H15FN2O4/c1-2-7-10(16)9(12)6(5-18-7)14-4-3-8(15)13-11(14)17/h3-4,6-7,9-10,16H,2,5H2,1H3,(H,13,15,17). The largest absolute Gasteiger partial charge is 0.387 e. The van der Waals surface area contributed by atoms with Crippen LogP contribution >= 0.6 is 0 Å². The van der Waals surface area contributed by atoms with Crippen molar-refractivity contribution in [2.45, 2.75) is 37.8 Å². The predicted octanol–water partition coefficient (Wildman–Crippen LogP) is -0.414. The van der Waals surface area contributed by atoms with Gasteiger partial charge in [0.2, 0.25) is 0 Å². The minimum absolute atomic E-state index is 0.0112. The molecule has 1 aromatic rings. The van der Waals surface area contributed by atoms with Gasteiger partial charge in [-0.3, -0.25) is 14.3 Å². The number of rotatable bonds is 2. The SMILES string of the molecule is CCC1OCC(n2ccc(=O)[nH]c2=O)C(F)C1O. The van der Waals surface area contributed by atoms with Gasteiger partial charge in [0.15, 0.2) is 6.17 Å². The molecule has 1 aromatic heterocycles. The highest BCUT2D eigenvalue weighted by Gasteiger charge is 2.40. The molecule has 1 fully saturated rings. The van der Waals surface area contributed by atoms with Gasteiger partial charge in [-0.25, -0.2) is 9.18 Å². The van der Waals surface area contributed by atoms with E-state index in [0.29, 0.717) is 6.42 Å². The Kier molecular flexibility index (Phi) is 3.63. The van der Waals surface area contributed by atoms with Crippen LogP contribution in [0.2, 0.25) is 0 Å². The van der Waals surface area contributed by atoms with E-state index in [1.165, 1.54) is 6.20 Å². The smallest absolute Gasteiger partial charge is 0.328 e. The maximum atomic E-state index is 14.1. The van der Waals surface area contributed by atoms with Crippen LogP contribution in [0.15, 0.2) is 21.9 Å². The number of hydrogen-bond donors (Lipinski definition) is 2. The quantitative estimate of drug-likeness (QED) is 0.755. The number of nitrogens with one attached hydrogen (secondary N) is 1. The summed E-state index contributed by atoms with van der Waals surface area (Å²) < 4.78 is 20.4. The number of aromatic nitrogens is 2. The van der Waals surface area contributed by atoms with Gasteiger partial charge in [0.05, 0.1) is 18.8 Å². The van der Waals surface area contributed by atoms with Crippen molar-refractivity contribution in [3.8, 4) is 0 Å². The first-order valence-electron chi connectivity index (χ1n) is 5.79. The first-order valence-corrected chi connectivity index (χ1v) is 5.79. The monoisotopic (exact) mass is 258 g/mol. The van der Waals surface area contributed by atoms with Gasteiger partial charge in [-0.2, -0.15) is 0 Å². The van der Waals surface area contributed by atoms with Crippen LogP contribution in [0.3, 0.4) is 0 Å². The third-order valence-corrected chi connectivity index (χ3v) is 3.17. The van der Waals surface area contributed by atoms with E-state index in [1.807, 2.05) is 4.98 Å². The van der Waals surface area contributed by atoms with Crippen LogP contribution < -0.4 is 11.2 Å². The number of nitrogens with zero attached hydrogens (tertiary/aromatic N) is 1. The second kappa shape index (κ2) is 5.03. The molecular weight excluding hydrogens is 243 g/mol. The van der Waals surface area contributed by atoms with Gasteiger partial charge < -0.3 is 9.84 Å². The Morgan fingerprint density at radius 3 is 2.94 bits per heavy atom. The minimum atomic E-state index is -1.60. The zero-order chi connectivity index (χ0) is 13.3. The van der Waals surface area contributed by atoms with Gasteiger partial charge >= 0.3 is 5.69 Å². The number of aromatic amines is 1. The third-order valence-electron chi connectivity index (χ3n) is 3.17. The zero-order valence-electron chi connectivity index (χ0n) is 9.88. The van der Waals surface area contributed by atoms with E-state index in [9.17, 15) is 19.1 Å². The Balaban J connectivity index is 2.29. The summed E-state index contributed by atoms with van der Waals surface area (Å²) in [6, 6.07) is 0.207. The number of halogens is 1. The van der Waals surface area contributed by atoms with E-state index in [-0.39, 0.29) is 6.61 Å².